The average Bonchev–Trinajstić information content (AvgIpc) is 3.48. The van der Waals surface area contributed by atoms with Gasteiger partial charge in [-0.25, -0.2) is 0 Å². The Balaban J connectivity index is 0.000000130. The van der Waals surface area contributed by atoms with Crippen LogP contribution in [0.3, 0.4) is 0 Å². The molecule has 178 valence electrons. The predicted molar refractivity (Wildman–Crippen MR) is 136 cm³/mol. The van der Waals surface area contributed by atoms with Gasteiger partial charge in [0.05, 0.1) is 0 Å². The van der Waals surface area contributed by atoms with Crippen LogP contribution in [-0.4, -0.2) is 0 Å². The molecule has 0 saturated heterocycles. The van der Waals surface area contributed by atoms with Gasteiger partial charge >= 0.3 is 0 Å². The molecule has 0 nitrogen and oxygen atoms in total. The highest BCUT2D eigenvalue weighted by Crippen LogP contribution is 2.52. The van der Waals surface area contributed by atoms with E-state index in [-0.39, 0.29) is 0 Å². The lowest BCUT2D eigenvalue weighted by Crippen LogP contribution is -2.38. The minimum absolute atomic E-state index is 1.21. The Kier molecular flexibility index (Phi) is 17.2. The molecule has 0 unspecified atom stereocenters. The van der Waals surface area contributed by atoms with Gasteiger partial charge in [0.2, 0.25) is 0 Å². The Bertz CT molecular complexity index is 266. The maximum atomic E-state index is 1.58. The zero-order valence-electron chi connectivity index (χ0n) is 21.0. The lowest BCUT2D eigenvalue weighted by atomic mass is 9.56. The van der Waals surface area contributed by atoms with Gasteiger partial charge in [-0.3, -0.25) is 0 Å². The van der Waals surface area contributed by atoms with Crippen molar-refractivity contribution < 1.29 is 0 Å². The van der Waals surface area contributed by atoms with E-state index in [0.29, 0.717) is 0 Å². The normalized spacial score (nSPS) is 29.6. The fourth-order valence-corrected chi connectivity index (χ4v) is 4.64. The summed E-state index contributed by atoms with van der Waals surface area (Å²) in [5, 5.41) is 0. The quantitative estimate of drug-likeness (QED) is 0.343. The lowest BCUT2D eigenvalue weighted by Gasteiger charge is -2.49. The van der Waals surface area contributed by atoms with Crippen molar-refractivity contribution in [2.45, 2.75) is 180 Å². The molecule has 2 bridgehead atoms. The van der Waals surface area contributed by atoms with Crippen LogP contribution >= 0.6 is 0 Å². The van der Waals surface area contributed by atoms with Crippen molar-refractivity contribution in [2.24, 2.45) is 11.8 Å². The molecular weight excluding hydrogens is 360 g/mol. The molecule has 8 aliphatic rings. The molecule has 0 aromatic heterocycles. The minimum atomic E-state index is 1.21. The van der Waals surface area contributed by atoms with Crippen molar-refractivity contribution in [1.29, 1.82) is 0 Å². The van der Waals surface area contributed by atoms with Crippen LogP contribution in [0.25, 0.3) is 0 Å². The molecule has 0 heteroatoms. The van der Waals surface area contributed by atoms with Crippen LogP contribution in [-0.2, 0) is 0 Å². The fraction of sp³-hybridized carbons (Fsp3) is 1.00. The van der Waals surface area contributed by atoms with E-state index in [1.54, 1.807) is 19.3 Å². The second-order valence-corrected chi connectivity index (χ2v) is 11.3. The van der Waals surface area contributed by atoms with Gasteiger partial charge in [-0.15, -0.1) is 0 Å². The van der Waals surface area contributed by atoms with Crippen LogP contribution in [0.4, 0.5) is 0 Å². The van der Waals surface area contributed by atoms with Crippen molar-refractivity contribution in [3.05, 3.63) is 0 Å². The number of rotatable bonds is 0. The van der Waals surface area contributed by atoms with Gasteiger partial charge in [-0.2, -0.15) is 0 Å². The second-order valence-electron chi connectivity index (χ2n) is 11.3. The van der Waals surface area contributed by atoms with Gasteiger partial charge < -0.3 is 0 Å². The number of hydrogen-bond donors (Lipinski definition) is 0. The summed E-state index contributed by atoms with van der Waals surface area (Å²) in [6.07, 6.45) is 42.2. The smallest absolute Gasteiger partial charge is 0.0406 e. The van der Waals surface area contributed by atoms with Crippen molar-refractivity contribution in [3.8, 4) is 0 Å². The van der Waals surface area contributed by atoms with Gasteiger partial charge in [-0.05, 0) is 31.1 Å². The lowest BCUT2D eigenvalue weighted by molar-refractivity contribution is 0.0198. The van der Waals surface area contributed by atoms with E-state index in [1.165, 1.54) is 172 Å². The molecule has 8 saturated carbocycles. The van der Waals surface area contributed by atoms with E-state index >= 15 is 0 Å². The highest BCUT2D eigenvalue weighted by Gasteiger charge is 2.41. The van der Waals surface area contributed by atoms with Crippen molar-refractivity contribution >= 4 is 0 Å². The monoisotopic (exact) mass is 418 g/mol. The summed E-state index contributed by atoms with van der Waals surface area (Å²) in [5.74, 6) is 2.42. The molecule has 30 heavy (non-hydrogen) atoms. The minimum Gasteiger partial charge on any atom is -0.0533 e. The van der Waals surface area contributed by atoms with E-state index in [2.05, 4.69) is 0 Å². The van der Waals surface area contributed by atoms with Crippen molar-refractivity contribution in [2.75, 3.05) is 0 Å². The first-order valence-electron chi connectivity index (χ1n) is 14.9. The van der Waals surface area contributed by atoms with E-state index in [1.807, 2.05) is 0 Å². The maximum Gasteiger partial charge on any atom is -0.0406 e. The zero-order chi connectivity index (χ0) is 21.0. The molecule has 0 N–H and O–H groups in total. The Morgan fingerprint density at radius 1 is 0.167 bits per heavy atom. The molecule has 0 spiro atoms. The SMILES string of the molecule is C1C2CC1C2.C1CC1.C1CCC1.C1CCCC1.C1CCCCC1.C1CCCCCC1. The fourth-order valence-electron chi connectivity index (χ4n) is 4.64. The highest BCUT2D eigenvalue weighted by molar-refractivity contribution is 4.92. The summed E-state index contributed by atoms with van der Waals surface area (Å²) in [6.45, 7) is 0. The summed E-state index contributed by atoms with van der Waals surface area (Å²) in [4.78, 5) is 0. The Morgan fingerprint density at radius 3 is 0.267 bits per heavy atom. The van der Waals surface area contributed by atoms with Gasteiger partial charge in [0, 0.05) is 0 Å². The van der Waals surface area contributed by atoms with Gasteiger partial charge in [0.25, 0.3) is 0 Å². The molecule has 0 aliphatic heterocycles. The predicted octanol–water partition coefficient (Wildman–Crippen LogP) is 11.2. The maximum absolute atomic E-state index is 1.58. The highest BCUT2D eigenvalue weighted by atomic mass is 14.5. The summed E-state index contributed by atoms with van der Waals surface area (Å²) in [7, 11) is 0. The standard InChI is InChI=1S/C7H14.C6H12.C5H8.C5H10.C4H8.C3H6/c1-2-4-6-7-5-3-1;1-2-4-6-5-3-1;1-4-2-5(1)3-4;1-2-4-5-3-1;1-2-4-3-1;1-2-3-1/h1-7H2;1-6H2;4-5H,1-3H2;1-5H2;1-4H2;1-3H2. The van der Waals surface area contributed by atoms with Crippen LogP contribution in [0.5, 0.6) is 0 Å². The van der Waals surface area contributed by atoms with E-state index in [0.717, 1.165) is 0 Å². The van der Waals surface area contributed by atoms with Gasteiger partial charge in [0.15, 0.2) is 0 Å². The van der Waals surface area contributed by atoms with E-state index < -0.39 is 0 Å². The molecule has 8 aliphatic carbocycles. The Morgan fingerprint density at radius 2 is 0.233 bits per heavy atom. The van der Waals surface area contributed by atoms with Gasteiger partial charge in [-0.1, -0.05) is 161 Å². The number of hydrogen-bond acceptors (Lipinski definition) is 0. The molecule has 0 aromatic carbocycles. The van der Waals surface area contributed by atoms with Crippen LogP contribution in [0.15, 0.2) is 0 Å². The zero-order valence-corrected chi connectivity index (χ0v) is 21.0. The van der Waals surface area contributed by atoms with Crippen LogP contribution in [0, 0.1) is 11.8 Å². The molecule has 8 rings (SSSR count). The summed E-state index contributed by atoms with van der Waals surface area (Å²) >= 11 is 0. The van der Waals surface area contributed by atoms with Crippen LogP contribution < -0.4 is 0 Å². The molecular formula is C30H58. The first-order chi connectivity index (χ1) is 14.9. The summed E-state index contributed by atoms with van der Waals surface area (Å²) < 4.78 is 0. The van der Waals surface area contributed by atoms with Crippen LogP contribution in [0.1, 0.15) is 180 Å². The third-order valence-electron chi connectivity index (χ3n) is 7.85. The Labute approximate surface area is 191 Å². The van der Waals surface area contributed by atoms with Crippen molar-refractivity contribution in [3.63, 3.8) is 0 Å². The molecule has 0 amide bonds. The second kappa shape index (κ2) is 19.7. The molecule has 8 fully saturated rings. The first kappa shape index (κ1) is 26.3. The third kappa shape index (κ3) is 16.7. The molecule has 0 aromatic rings. The summed E-state index contributed by atoms with van der Waals surface area (Å²) in [6, 6.07) is 0. The molecule has 0 heterocycles. The third-order valence-corrected chi connectivity index (χ3v) is 7.85. The Hall–Kier alpha value is 0. The van der Waals surface area contributed by atoms with Crippen LogP contribution in [0.2, 0.25) is 0 Å². The average molecular weight is 419 g/mol. The van der Waals surface area contributed by atoms with E-state index in [9.17, 15) is 0 Å². The van der Waals surface area contributed by atoms with Gasteiger partial charge in [0.1, 0.15) is 0 Å². The van der Waals surface area contributed by atoms with E-state index in [4.69, 9.17) is 0 Å². The first-order valence-corrected chi connectivity index (χ1v) is 14.9. The largest absolute Gasteiger partial charge is 0.0533 e. The summed E-state index contributed by atoms with van der Waals surface area (Å²) in [5.41, 5.74) is 0. The molecule has 0 atom stereocenters. The molecule has 0 radical (unpaired) electrons. The topological polar surface area (TPSA) is 0 Å². The van der Waals surface area contributed by atoms with Crippen molar-refractivity contribution in [1.82, 2.24) is 0 Å².